The highest BCUT2D eigenvalue weighted by atomic mass is 16.5. The average molecular weight is 335 g/mol. The van der Waals surface area contributed by atoms with E-state index in [2.05, 4.69) is 9.97 Å². The zero-order chi connectivity index (χ0) is 17.6. The number of rotatable bonds is 6. The van der Waals surface area contributed by atoms with Crippen molar-refractivity contribution in [3.05, 3.63) is 66.0 Å². The molecule has 0 unspecified atom stereocenters. The number of ether oxygens (including phenoxy) is 1. The molecule has 128 valence electrons. The quantitative estimate of drug-likeness (QED) is 0.693. The fourth-order valence-electron chi connectivity index (χ4n) is 2.67. The number of aryl methyl sites for hydroxylation is 1. The molecule has 0 atom stereocenters. The molecular weight excluding hydrogens is 314 g/mol. The lowest BCUT2D eigenvalue weighted by molar-refractivity contribution is -0.133. The van der Waals surface area contributed by atoms with Gasteiger partial charge in [-0.25, -0.2) is 4.98 Å². The van der Waals surface area contributed by atoms with Crippen molar-refractivity contribution < 1.29 is 9.53 Å². The van der Waals surface area contributed by atoms with E-state index < -0.39 is 0 Å². The van der Waals surface area contributed by atoms with Crippen molar-refractivity contribution in [1.29, 1.82) is 0 Å². The average Bonchev–Trinajstić information content (AvgIpc) is 2.64. The molecule has 25 heavy (non-hydrogen) atoms. The summed E-state index contributed by atoms with van der Waals surface area (Å²) in [5.41, 5.74) is 1.91. The summed E-state index contributed by atoms with van der Waals surface area (Å²) < 4.78 is 5.74. The van der Waals surface area contributed by atoms with Gasteiger partial charge < -0.3 is 9.64 Å². The molecule has 3 rings (SSSR count). The fraction of sp³-hybridized carbons (Fsp3) is 0.250. The maximum atomic E-state index is 12.5. The lowest BCUT2D eigenvalue weighted by Crippen LogP contribution is -2.34. The van der Waals surface area contributed by atoms with Crippen LogP contribution < -0.4 is 4.74 Å². The van der Waals surface area contributed by atoms with Crippen molar-refractivity contribution in [2.45, 2.75) is 20.4 Å². The number of carbonyl (C=O) groups is 1. The summed E-state index contributed by atoms with van der Waals surface area (Å²) in [4.78, 5) is 23.0. The Bertz CT molecular complexity index is 865. The summed E-state index contributed by atoms with van der Waals surface area (Å²) in [6.45, 7) is 4.94. The number of likely N-dealkylation sites (N-methyl/N-ethyl adjacent to an activating group) is 1. The molecule has 0 aliphatic heterocycles. The van der Waals surface area contributed by atoms with Crippen LogP contribution >= 0.6 is 0 Å². The van der Waals surface area contributed by atoms with Crippen LogP contribution in [0, 0.1) is 6.92 Å². The Morgan fingerprint density at radius 2 is 1.76 bits per heavy atom. The first kappa shape index (κ1) is 16.9. The number of para-hydroxylation sites is 1. The van der Waals surface area contributed by atoms with Crippen LogP contribution in [0.15, 0.2) is 54.6 Å². The van der Waals surface area contributed by atoms with Crippen LogP contribution in [0.3, 0.4) is 0 Å². The zero-order valence-electron chi connectivity index (χ0n) is 14.5. The third-order valence-corrected chi connectivity index (χ3v) is 3.96. The van der Waals surface area contributed by atoms with Crippen LogP contribution in [-0.4, -0.2) is 33.9 Å². The number of aromatic nitrogens is 2. The number of carbonyl (C=O) groups excluding carboxylic acids is 1. The van der Waals surface area contributed by atoms with Crippen molar-refractivity contribution in [3.63, 3.8) is 0 Å². The summed E-state index contributed by atoms with van der Waals surface area (Å²) in [7, 11) is 0. The van der Waals surface area contributed by atoms with E-state index in [0.29, 0.717) is 24.8 Å². The Morgan fingerprint density at radius 1 is 1.04 bits per heavy atom. The number of amides is 1. The fourth-order valence-corrected chi connectivity index (χ4v) is 2.67. The van der Waals surface area contributed by atoms with Crippen molar-refractivity contribution in [1.82, 2.24) is 14.9 Å². The number of nitrogens with zero attached hydrogens (tertiary/aromatic N) is 3. The highest BCUT2D eigenvalue weighted by Gasteiger charge is 2.15. The molecule has 0 bridgehead atoms. The molecule has 3 aromatic rings. The monoisotopic (exact) mass is 335 g/mol. The predicted octanol–water partition coefficient (Wildman–Crippen LogP) is 3.37. The molecule has 0 saturated heterocycles. The number of hydrogen-bond donors (Lipinski definition) is 0. The molecule has 2 aromatic carbocycles. The molecule has 0 fully saturated rings. The van der Waals surface area contributed by atoms with E-state index in [1.54, 1.807) is 4.90 Å². The van der Waals surface area contributed by atoms with Gasteiger partial charge in [0.1, 0.15) is 5.82 Å². The highest BCUT2D eigenvalue weighted by Crippen LogP contribution is 2.22. The van der Waals surface area contributed by atoms with Crippen molar-refractivity contribution in [2.75, 3.05) is 13.2 Å². The smallest absolute Gasteiger partial charge is 0.260 e. The molecule has 0 spiro atoms. The molecule has 5 nitrogen and oxygen atoms in total. The van der Waals surface area contributed by atoms with Gasteiger partial charge in [0.15, 0.2) is 6.61 Å². The molecule has 0 aliphatic carbocycles. The third kappa shape index (κ3) is 4.12. The van der Waals surface area contributed by atoms with Gasteiger partial charge in [-0.15, -0.1) is 0 Å². The Morgan fingerprint density at radius 3 is 2.52 bits per heavy atom. The maximum Gasteiger partial charge on any atom is 0.260 e. The van der Waals surface area contributed by atoms with Crippen LogP contribution in [0.1, 0.15) is 18.3 Å². The largest absolute Gasteiger partial charge is 0.467 e. The Labute approximate surface area is 147 Å². The van der Waals surface area contributed by atoms with Gasteiger partial charge in [0.2, 0.25) is 5.88 Å². The first-order valence-electron chi connectivity index (χ1n) is 8.35. The Hall–Kier alpha value is -2.95. The Balaban J connectivity index is 1.71. The lowest BCUT2D eigenvalue weighted by Gasteiger charge is -2.21. The molecule has 1 heterocycles. The normalized spacial score (nSPS) is 10.6. The summed E-state index contributed by atoms with van der Waals surface area (Å²) in [6, 6.07) is 17.6. The first-order chi connectivity index (χ1) is 12.2. The summed E-state index contributed by atoms with van der Waals surface area (Å²) >= 11 is 0. The SMILES string of the molecule is CCN(Cc1ccccc1)C(=O)COc1nc(C)nc2ccccc12. The van der Waals surface area contributed by atoms with Crippen LogP contribution in [0.4, 0.5) is 0 Å². The molecule has 0 N–H and O–H groups in total. The van der Waals surface area contributed by atoms with Crippen molar-refractivity contribution >= 4 is 16.8 Å². The van der Waals surface area contributed by atoms with E-state index >= 15 is 0 Å². The van der Waals surface area contributed by atoms with Crippen LogP contribution in [0.5, 0.6) is 5.88 Å². The van der Waals surface area contributed by atoms with Crippen LogP contribution in [0.2, 0.25) is 0 Å². The van der Waals surface area contributed by atoms with Gasteiger partial charge in [-0.05, 0) is 31.5 Å². The second-order valence-electron chi connectivity index (χ2n) is 5.78. The molecular formula is C20H21N3O2. The second kappa shape index (κ2) is 7.75. The summed E-state index contributed by atoms with van der Waals surface area (Å²) in [6.07, 6.45) is 0. The first-order valence-corrected chi connectivity index (χ1v) is 8.35. The van der Waals surface area contributed by atoms with E-state index in [9.17, 15) is 4.79 Å². The summed E-state index contributed by atoms with van der Waals surface area (Å²) in [5, 5.41) is 0.812. The number of benzene rings is 2. The zero-order valence-corrected chi connectivity index (χ0v) is 14.5. The molecule has 0 radical (unpaired) electrons. The van der Waals surface area contributed by atoms with E-state index in [0.717, 1.165) is 16.5 Å². The molecule has 1 aromatic heterocycles. The molecule has 0 aliphatic rings. The van der Waals surface area contributed by atoms with E-state index in [-0.39, 0.29) is 12.5 Å². The van der Waals surface area contributed by atoms with Gasteiger partial charge in [0, 0.05) is 13.1 Å². The minimum absolute atomic E-state index is 0.0406. The van der Waals surface area contributed by atoms with Crippen LogP contribution in [-0.2, 0) is 11.3 Å². The van der Waals surface area contributed by atoms with Gasteiger partial charge >= 0.3 is 0 Å². The van der Waals surface area contributed by atoms with Crippen molar-refractivity contribution in [2.24, 2.45) is 0 Å². The minimum Gasteiger partial charge on any atom is -0.467 e. The van der Waals surface area contributed by atoms with E-state index in [1.807, 2.05) is 68.4 Å². The van der Waals surface area contributed by atoms with Gasteiger partial charge in [0.25, 0.3) is 5.91 Å². The molecule has 1 amide bonds. The number of hydrogen-bond acceptors (Lipinski definition) is 4. The van der Waals surface area contributed by atoms with Crippen molar-refractivity contribution in [3.8, 4) is 5.88 Å². The van der Waals surface area contributed by atoms with Gasteiger partial charge in [0.05, 0.1) is 10.9 Å². The predicted molar refractivity (Wildman–Crippen MR) is 97.3 cm³/mol. The molecule has 0 saturated carbocycles. The van der Waals surface area contributed by atoms with Gasteiger partial charge in [-0.2, -0.15) is 4.98 Å². The Kier molecular flexibility index (Phi) is 5.23. The van der Waals surface area contributed by atoms with Gasteiger partial charge in [-0.3, -0.25) is 4.79 Å². The minimum atomic E-state index is -0.0632. The lowest BCUT2D eigenvalue weighted by atomic mass is 10.2. The van der Waals surface area contributed by atoms with E-state index in [4.69, 9.17) is 4.74 Å². The molecule has 5 heteroatoms. The summed E-state index contributed by atoms with van der Waals surface area (Å²) in [5.74, 6) is 1.01. The second-order valence-corrected chi connectivity index (χ2v) is 5.78. The number of fused-ring (bicyclic) bond motifs is 1. The third-order valence-electron chi connectivity index (χ3n) is 3.96. The topological polar surface area (TPSA) is 55.3 Å². The highest BCUT2D eigenvalue weighted by molar-refractivity contribution is 5.84. The van der Waals surface area contributed by atoms with E-state index in [1.165, 1.54) is 0 Å². The maximum absolute atomic E-state index is 12.5. The van der Waals surface area contributed by atoms with Crippen LogP contribution in [0.25, 0.3) is 10.9 Å². The van der Waals surface area contributed by atoms with Gasteiger partial charge in [-0.1, -0.05) is 42.5 Å². The standard InChI is InChI=1S/C20H21N3O2/c1-3-23(13-16-9-5-4-6-10-16)19(24)14-25-20-17-11-7-8-12-18(17)21-15(2)22-20/h4-12H,3,13-14H2,1-2H3.